The molecule has 1 N–H and O–H groups in total. The number of esters is 2. The Morgan fingerprint density at radius 3 is 1.01 bits per heavy atom. The molecular formula is C76H140NO8+. The third kappa shape index (κ3) is 68.3. The minimum atomic E-state index is -1.52. The Kier molecular flexibility index (Phi) is 64.6. The number of carboxylic acid groups (broad SMARTS) is 1. The molecule has 0 aromatic heterocycles. The minimum Gasteiger partial charge on any atom is -0.477 e. The molecule has 0 heterocycles. The summed E-state index contributed by atoms with van der Waals surface area (Å²) in [6.45, 7) is 4.79. The van der Waals surface area contributed by atoms with Gasteiger partial charge in [0.05, 0.1) is 34.4 Å². The lowest BCUT2D eigenvalue weighted by Gasteiger charge is -2.25. The van der Waals surface area contributed by atoms with Gasteiger partial charge in [-0.2, -0.15) is 0 Å². The largest absolute Gasteiger partial charge is 0.477 e. The minimum absolute atomic E-state index is 0.184. The molecule has 0 amide bonds. The monoisotopic (exact) mass is 1200 g/mol. The van der Waals surface area contributed by atoms with E-state index in [1.165, 1.54) is 231 Å². The van der Waals surface area contributed by atoms with Gasteiger partial charge in [0.2, 0.25) is 0 Å². The molecule has 0 bridgehead atoms. The molecule has 9 nitrogen and oxygen atoms in total. The molecule has 0 aromatic rings. The quantitative estimate of drug-likeness (QED) is 0.0211. The highest BCUT2D eigenvalue weighted by Crippen LogP contribution is 2.19. The maximum atomic E-state index is 12.9. The van der Waals surface area contributed by atoms with Crippen molar-refractivity contribution < 1.29 is 42.9 Å². The highest BCUT2D eigenvalue weighted by molar-refractivity contribution is 5.71. The van der Waals surface area contributed by atoms with Crippen molar-refractivity contribution in [2.75, 3.05) is 47.5 Å². The number of carbonyl (C=O) groups is 3. The molecule has 496 valence electrons. The zero-order chi connectivity index (χ0) is 61.9. The second-order valence-corrected chi connectivity index (χ2v) is 25.9. The van der Waals surface area contributed by atoms with Crippen LogP contribution in [0.1, 0.15) is 348 Å². The van der Waals surface area contributed by atoms with E-state index in [0.29, 0.717) is 23.9 Å². The average Bonchev–Trinajstić information content (AvgIpc) is 3.48. The Balaban J connectivity index is 3.92. The van der Waals surface area contributed by atoms with Crippen LogP contribution in [-0.2, 0) is 33.3 Å². The molecule has 2 atom stereocenters. The number of nitrogens with zero attached hydrogens (tertiary/aromatic N) is 1. The second kappa shape index (κ2) is 66.9. The number of aliphatic carboxylic acids is 1. The van der Waals surface area contributed by atoms with Gasteiger partial charge in [-0.05, 0) is 77.0 Å². The van der Waals surface area contributed by atoms with Crippen LogP contribution < -0.4 is 0 Å². The molecule has 0 rings (SSSR count). The van der Waals surface area contributed by atoms with Gasteiger partial charge in [-0.25, -0.2) is 4.79 Å². The summed E-state index contributed by atoms with van der Waals surface area (Å²) in [6, 6.07) is 0. The number of ether oxygens (including phenoxy) is 4. The predicted octanol–water partition coefficient (Wildman–Crippen LogP) is 22.7. The summed E-state index contributed by atoms with van der Waals surface area (Å²) in [5, 5.41) is 9.73. The Morgan fingerprint density at radius 2 is 0.671 bits per heavy atom. The normalized spacial score (nSPS) is 13.0. The Morgan fingerprint density at radius 1 is 0.365 bits per heavy atom. The lowest BCUT2D eigenvalue weighted by atomic mass is 10.0. The van der Waals surface area contributed by atoms with E-state index in [0.717, 1.165) is 83.5 Å². The van der Waals surface area contributed by atoms with Gasteiger partial charge in [-0.15, -0.1) is 0 Å². The third-order valence-corrected chi connectivity index (χ3v) is 16.3. The first-order valence-electron chi connectivity index (χ1n) is 36.5. The number of likely N-dealkylation sites (N-methyl/N-ethyl adjacent to an activating group) is 1. The molecule has 0 aliphatic rings. The molecule has 9 heteroatoms. The number of carbonyl (C=O) groups excluding carboxylic acids is 2. The van der Waals surface area contributed by atoms with Crippen LogP contribution >= 0.6 is 0 Å². The van der Waals surface area contributed by atoms with Gasteiger partial charge in [-0.3, -0.25) is 9.59 Å². The van der Waals surface area contributed by atoms with Crippen LogP contribution in [0.15, 0.2) is 60.8 Å². The van der Waals surface area contributed by atoms with Gasteiger partial charge in [0.15, 0.2) is 6.10 Å². The number of hydrogen-bond donors (Lipinski definition) is 1. The smallest absolute Gasteiger partial charge is 0.361 e. The Labute approximate surface area is 526 Å². The summed E-state index contributed by atoms with van der Waals surface area (Å²) in [4.78, 5) is 37.6. The lowest BCUT2D eigenvalue weighted by Crippen LogP contribution is -2.40. The van der Waals surface area contributed by atoms with E-state index in [1.807, 2.05) is 21.1 Å². The molecule has 0 aliphatic heterocycles. The number of allylic oxidation sites excluding steroid dienone is 10. The summed E-state index contributed by atoms with van der Waals surface area (Å²) >= 11 is 0. The number of unbranched alkanes of at least 4 members (excludes halogenated alkanes) is 43. The van der Waals surface area contributed by atoms with Gasteiger partial charge in [0.25, 0.3) is 6.29 Å². The fraction of sp³-hybridized carbons (Fsp3) is 0.829. The van der Waals surface area contributed by atoms with E-state index < -0.39 is 24.3 Å². The van der Waals surface area contributed by atoms with Crippen LogP contribution in [0.25, 0.3) is 0 Å². The number of quaternary nitrogens is 1. The molecule has 0 spiro atoms. The van der Waals surface area contributed by atoms with Crippen molar-refractivity contribution in [2.24, 2.45) is 0 Å². The number of rotatable bonds is 68. The van der Waals surface area contributed by atoms with Crippen molar-refractivity contribution in [3.8, 4) is 0 Å². The van der Waals surface area contributed by atoms with Crippen LogP contribution in [0.5, 0.6) is 0 Å². The fourth-order valence-corrected chi connectivity index (χ4v) is 10.7. The van der Waals surface area contributed by atoms with Crippen molar-refractivity contribution in [3.05, 3.63) is 60.8 Å². The topological polar surface area (TPSA) is 108 Å². The summed E-state index contributed by atoms with van der Waals surface area (Å²) < 4.78 is 22.9. The van der Waals surface area contributed by atoms with E-state index in [9.17, 15) is 19.5 Å². The first-order valence-corrected chi connectivity index (χ1v) is 36.5. The van der Waals surface area contributed by atoms with Crippen molar-refractivity contribution in [1.82, 2.24) is 0 Å². The molecule has 0 radical (unpaired) electrons. The maximum absolute atomic E-state index is 12.9. The second-order valence-electron chi connectivity index (χ2n) is 25.9. The molecule has 2 unspecified atom stereocenters. The zero-order valence-electron chi connectivity index (χ0n) is 56.8. The molecule has 0 saturated carbocycles. The molecule has 85 heavy (non-hydrogen) atoms. The molecule has 0 aliphatic carbocycles. The van der Waals surface area contributed by atoms with Crippen LogP contribution in [-0.4, -0.2) is 87.4 Å². The molecular weight excluding hydrogens is 1050 g/mol. The van der Waals surface area contributed by atoms with Crippen LogP contribution in [0.3, 0.4) is 0 Å². The van der Waals surface area contributed by atoms with E-state index in [-0.39, 0.29) is 32.2 Å². The highest BCUT2D eigenvalue weighted by Gasteiger charge is 2.25. The molecule has 0 aromatic carbocycles. The SMILES string of the molecule is CC/C=C\C/C=C\C/C=C\C/C=C\CCCCCCCCC(=O)OC(COC(=O)CCCCCCCCCCCCCCCCCCCCCCCCCCCCCCC/C=C\CCCCCCCCCC)COC(OCC[N+](C)(C)C)C(=O)O. The number of carboxylic acids is 1. The highest BCUT2D eigenvalue weighted by atomic mass is 16.7. The zero-order valence-corrected chi connectivity index (χ0v) is 56.8. The molecule has 0 fully saturated rings. The number of hydrogen-bond acceptors (Lipinski definition) is 7. The Bertz CT molecular complexity index is 1580. The summed E-state index contributed by atoms with van der Waals surface area (Å²) in [5.74, 6) is -2.01. The van der Waals surface area contributed by atoms with E-state index in [4.69, 9.17) is 18.9 Å². The van der Waals surface area contributed by atoms with Gasteiger partial charge in [0.1, 0.15) is 13.2 Å². The van der Waals surface area contributed by atoms with Crippen molar-refractivity contribution in [1.29, 1.82) is 0 Å². The van der Waals surface area contributed by atoms with Crippen LogP contribution in [0, 0.1) is 0 Å². The van der Waals surface area contributed by atoms with E-state index in [1.54, 1.807) is 0 Å². The summed E-state index contributed by atoms with van der Waals surface area (Å²) in [7, 11) is 5.97. The van der Waals surface area contributed by atoms with Crippen LogP contribution in [0.2, 0.25) is 0 Å². The summed E-state index contributed by atoms with van der Waals surface area (Å²) in [5.41, 5.74) is 0. The van der Waals surface area contributed by atoms with E-state index in [2.05, 4.69) is 74.6 Å². The standard InChI is InChI=1S/C76H139NO8/c1-6-8-10-12-14-16-18-20-22-24-26-27-28-29-30-31-32-33-34-35-36-37-38-39-40-41-42-43-44-45-46-47-49-50-52-54-56-58-60-62-64-66-73(78)83-70-72(71-84-76(75(80)81)82-69-68-77(3,4)5)85-74(79)67-65-63-61-59-57-55-53-51-48-25-23-21-19-17-15-13-11-9-7-2/h9,11,15,17,21,23-24,26,48,51,72,76H,6-8,10,12-14,16,18-20,22,25,27-47,49-50,52-71H2,1-5H3/p+1/b11-9-,17-15-,23-21-,26-24-,51-48-. The third-order valence-electron chi connectivity index (χ3n) is 16.3. The van der Waals surface area contributed by atoms with Gasteiger partial charge >= 0.3 is 17.9 Å². The maximum Gasteiger partial charge on any atom is 0.361 e. The van der Waals surface area contributed by atoms with Gasteiger partial charge in [0, 0.05) is 12.8 Å². The van der Waals surface area contributed by atoms with Gasteiger partial charge < -0.3 is 28.5 Å². The summed E-state index contributed by atoms with van der Waals surface area (Å²) in [6.07, 6.45) is 85.2. The van der Waals surface area contributed by atoms with Crippen LogP contribution in [0.4, 0.5) is 0 Å². The molecule has 0 saturated heterocycles. The van der Waals surface area contributed by atoms with Crippen molar-refractivity contribution >= 4 is 17.9 Å². The van der Waals surface area contributed by atoms with Crippen molar-refractivity contribution in [2.45, 2.75) is 360 Å². The van der Waals surface area contributed by atoms with E-state index >= 15 is 0 Å². The fourth-order valence-electron chi connectivity index (χ4n) is 10.7. The van der Waals surface area contributed by atoms with Crippen molar-refractivity contribution in [3.63, 3.8) is 0 Å². The predicted molar refractivity (Wildman–Crippen MR) is 364 cm³/mol. The average molecular weight is 1200 g/mol. The Hall–Kier alpha value is -3.01. The first kappa shape index (κ1) is 82.0. The van der Waals surface area contributed by atoms with Gasteiger partial charge in [-0.1, -0.05) is 319 Å². The lowest BCUT2D eigenvalue weighted by molar-refractivity contribution is -0.870. The first-order chi connectivity index (χ1) is 41.6.